The summed E-state index contributed by atoms with van der Waals surface area (Å²) in [6.45, 7) is 16.2. The van der Waals surface area contributed by atoms with Gasteiger partial charge < -0.3 is 9.84 Å². The maximum atomic E-state index is 11.1. The van der Waals surface area contributed by atoms with Gasteiger partial charge in [-0.05, 0) is 57.3 Å². The van der Waals surface area contributed by atoms with Gasteiger partial charge in [-0.2, -0.15) is 0 Å². The number of nitrogens with zero attached hydrogens (tertiary/aromatic N) is 1. The lowest BCUT2D eigenvalue weighted by Gasteiger charge is -2.37. The zero-order valence-electron chi connectivity index (χ0n) is 18.6. The summed E-state index contributed by atoms with van der Waals surface area (Å²) in [5, 5.41) is 11.9. The van der Waals surface area contributed by atoms with E-state index in [0.717, 1.165) is 42.5 Å². The highest BCUT2D eigenvalue weighted by Gasteiger charge is 2.31. The molecule has 0 aliphatic carbocycles. The molecule has 29 heavy (non-hydrogen) atoms. The number of morpholine rings is 1. The Labute approximate surface area is 180 Å². The highest BCUT2D eigenvalue weighted by Crippen LogP contribution is 2.43. The maximum Gasteiger partial charge on any atom is 0.123 e. The highest BCUT2D eigenvalue weighted by atomic mass is 35.5. The summed E-state index contributed by atoms with van der Waals surface area (Å²) in [7, 11) is 0. The van der Waals surface area contributed by atoms with E-state index in [1.165, 1.54) is 11.1 Å². The molecule has 1 saturated heterocycles. The lowest BCUT2D eigenvalue weighted by Crippen LogP contribution is -2.39. The van der Waals surface area contributed by atoms with Crippen molar-refractivity contribution in [3.05, 3.63) is 63.7 Å². The van der Waals surface area contributed by atoms with Crippen LogP contribution >= 0.6 is 11.6 Å². The zero-order chi connectivity index (χ0) is 21.4. The van der Waals surface area contributed by atoms with Crippen LogP contribution < -0.4 is 0 Å². The molecule has 158 valence electrons. The predicted molar refractivity (Wildman–Crippen MR) is 121 cm³/mol. The molecule has 0 radical (unpaired) electrons. The largest absolute Gasteiger partial charge is 0.507 e. The molecule has 0 saturated carbocycles. The first-order chi connectivity index (χ1) is 13.5. The number of phenols is 1. The van der Waals surface area contributed by atoms with Crippen LogP contribution in [0.5, 0.6) is 5.75 Å². The fourth-order valence-electron chi connectivity index (χ4n) is 4.05. The van der Waals surface area contributed by atoms with Gasteiger partial charge in [0, 0.05) is 18.1 Å². The molecular formula is C25H34ClNO2. The molecule has 0 bridgehead atoms. The van der Waals surface area contributed by atoms with E-state index in [0.29, 0.717) is 5.75 Å². The van der Waals surface area contributed by atoms with E-state index >= 15 is 0 Å². The summed E-state index contributed by atoms with van der Waals surface area (Å²) < 4.78 is 5.61. The molecule has 3 nitrogen and oxygen atoms in total. The van der Waals surface area contributed by atoms with Gasteiger partial charge in [0.05, 0.1) is 19.3 Å². The van der Waals surface area contributed by atoms with E-state index in [1.807, 2.05) is 12.1 Å². The Bertz CT molecular complexity index is 806. The summed E-state index contributed by atoms with van der Waals surface area (Å²) in [4.78, 5) is 2.47. The van der Waals surface area contributed by atoms with Gasteiger partial charge in [-0.15, -0.1) is 0 Å². The molecule has 0 aromatic heterocycles. The molecule has 2 aromatic carbocycles. The van der Waals surface area contributed by atoms with Crippen LogP contribution in [-0.4, -0.2) is 36.3 Å². The second kappa shape index (κ2) is 8.29. The van der Waals surface area contributed by atoms with Gasteiger partial charge in [-0.3, -0.25) is 4.90 Å². The number of benzene rings is 2. The average Bonchev–Trinajstić information content (AvgIpc) is 2.63. The summed E-state index contributed by atoms with van der Waals surface area (Å²) in [5.74, 6) is 0.422. The number of halogens is 1. The number of phenolic OH excluding ortho intramolecular Hbond substituents is 1. The zero-order valence-corrected chi connectivity index (χ0v) is 19.3. The van der Waals surface area contributed by atoms with E-state index in [1.54, 1.807) is 0 Å². The predicted octanol–water partition coefficient (Wildman–Crippen LogP) is 6.06. The second-order valence-electron chi connectivity index (χ2n) is 10.1. The van der Waals surface area contributed by atoms with Gasteiger partial charge in [0.2, 0.25) is 0 Å². The van der Waals surface area contributed by atoms with Crippen molar-refractivity contribution in [2.24, 2.45) is 0 Å². The Kier molecular flexibility index (Phi) is 6.33. The first-order valence-electron chi connectivity index (χ1n) is 10.4. The quantitative estimate of drug-likeness (QED) is 0.661. The summed E-state index contributed by atoms with van der Waals surface area (Å²) in [5.41, 5.74) is 4.09. The lowest BCUT2D eigenvalue weighted by atomic mass is 9.77. The van der Waals surface area contributed by atoms with Crippen molar-refractivity contribution < 1.29 is 9.84 Å². The molecule has 0 unspecified atom stereocenters. The van der Waals surface area contributed by atoms with Crippen LogP contribution in [0.4, 0.5) is 0 Å². The van der Waals surface area contributed by atoms with Crippen molar-refractivity contribution in [3.63, 3.8) is 0 Å². The Balaban J connectivity index is 2.22. The van der Waals surface area contributed by atoms with Crippen LogP contribution in [0.25, 0.3) is 0 Å². The monoisotopic (exact) mass is 415 g/mol. The molecule has 0 spiro atoms. The first-order valence-corrected chi connectivity index (χ1v) is 10.8. The number of hydrogen-bond acceptors (Lipinski definition) is 3. The Morgan fingerprint density at radius 3 is 1.79 bits per heavy atom. The van der Waals surface area contributed by atoms with E-state index in [2.05, 4.69) is 70.7 Å². The number of ether oxygens (including phenoxy) is 1. The summed E-state index contributed by atoms with van der Waals surface area (Å²) >= 11 is 6.17. The first kappa shape index (κ1) is 22.1. The minimum absolute atomic E-state index is 0.0963. The van der Waals surface area contributed by atoms with Crippen molar-refractivity contribution in [1.29, 1.82) is 0 Å². The SMILES string of the molecule is CC(C)(C)c1cc([C@H](c2ccc(Cl)cc2)N2CCOCC2)cc(C(C)(C)C)c1O. The lowest BCUT2D eigenvalue weighted by molar-refractivity contribution is 0.0239. The topological polar surface area (TPSA) is 32.7 Å². The van der Waals surface area contributed by atoms with Gasteiger partial charge in [0.1, 0.15) is 5.75 Å². The Morgan fingerprint density at radius 2 is 1.34 bits per heavy atom. The minimum Gasteiger partial charge on any atom is -0.507 e. The molecule has 1 N–H and O–H groups in total. The smallest absolute Gasteiger partial charge is 0.123 e. The van der Waals surface area contributed by atoms with Gasteiger partial charge >= 0.3 is 0 Å². The third-order valence-corrected chi connectivity index (χ3v) is 5.91. The van der Waals surface area contributed by atoms with Crippen LogP contribution in [0.1, 0.15) is 69.8 Å². The van der Waals surface area contributed by atoms with Crippen molar-refractivity contribution in [3.8, 4) is 5.75 Å². The third-order valence-electron chi connectivity index (χ3n) is 5.66. The maximum absolute atomic E-state index is 11.1. The second-order valence-corrected chi connectivity index (χ2v) is 10.5. The fourth-order valence-corrected chi connectivity index (χ4v) is 4.18. The molecule has 2 aromatic rings. The molecular weight excluding hydrogens is 382 g/mol. The van der Waals surface area contributed by atoms with Crippen molar-refractivity contribution >= 4 is 11.6 Å². The van der Waals surface area contributed by atoms with Gasteiger partial charge in [-0.25, -0.2) is 0 Å². The van der Waals surface area contributed by atoms with Crippen molar-refractivity contribution in [2.45, 2.75) is 58.4 Å². The van der Waals surface area contributed by atoms with E-state index in [-0.39, 0.29) is 16.9 Å². The molecule has 0 amide bonds. The van der Waals surface area contributed by atoms with Crippen LogP contribution in [0, 0.1) is 0 Å². The fraction of sp³-hybridized carbons (Fsp3) is 0.520. The van der Waals surface area contributed by atoms with Crippen LogP contribution in [-0.2, 0) is 15.6 Å². The summed E-state index contributed by atoms with van der Waals surface area (Å²) in [6, 6.07) is 12.6. The number of aromatic hydroxyl groups is 1. The molecule has 1 fully saturated rings. The van der Waals surface area contributed by atoms with E-state index in [4.69, 9.17) is 16.3 Å². The minimum atomic E-state index is -0.157. The van der Waals surface area contributed by atoms with Gasteiger partial charge in [0.25, 0.3) is 0 Å². The summed E-state index contributed by atoms with van der Waals surface area (Å²) in [6.07, 6.45) is 0. The third kappa shape index (κ3) is 4.96. The number of rotatable bonds is 3. The molecule has 1 aliphatic rings. The van der Waals surface area contributed by atoms with Crippen molar-refractivity contribution in [2.75, 3.05) is 26.3 Å². The Hall–Kier alpha value is -1.55. The Morgan fingerprint density at radius 1 is 0.862 bits per heavy atom. The van der Waals surface area contributed by atoms with Crippen LogP contribution in [0.15, 0.2) is 36.4 Å². The molecule has 1 aliphatic heterocycles. The van der Waals surface area contributed by atoms with Gasteiger partial charge in [-0.1, -0.05) is 65.3 Å². The van der Waals surface area contributed by atoms with Crippen LogP contribution in [0.2, 0.25) is 5.02 Å². The van der Waals surface area contributed by atoms with E-state index in [9.17, 15) is 5.11 Å². The number of hydrogen-bond donors (Lipinski definition) is 1. The highest BCUT2D eigenvalue weighted by molar-refractivity contribution is 6.30. The van der Waals surface area contributed by atoms with Gasteiger partial charge in [0.15, 0.2) is 0 Å². The normalized spacial score (nSPS) is 17.3. The molecule has 3 rings (SSSR count). The van der Waals surface area contributed by atoms with E-state index < -0.39 is 0 Å². The van der Waals surface area contributed by atoms with Crippen LogP contribution in [0.3, 0.4) is 0 Å². The molecule has 1 heterocycles. The average molecular weight is 416 g/mol. The molecule has 4 heteroatoms. The van der Waals surface area contributed by atoms with Crippen molar-refractivity contribution in [1.82, 2.24) is 4.90 Å². The standard InChI is InChI=1S/C25H34ClNO2/c1-24(2,3)20-15-18(16-21(23(20)28)25(4,5)6)22(27-11-13-29-14-12-27)17-7-9-19(26)10-8-17/h7-10,15-16,22,28H,11-14H2,1-6H3/t22-/m0/s1. The molecule has 1 atom stereocenters.